The van der Waals surface area contributed by atoms with Crippen molar-refractivity contribution < 1.29 is 12.8 Å². The summed E-state index contributed by atoms with van der Waals surface area (Å²) in [6.07, 6.45) is 2.30. The summed E-state index contributed by atoms with van der Waals surface area (Å²) in [4.78, 5) is 2.51. The van der Waals surface area contributed by atoms with Crippen LogP contribution in [0.15, 0.2) is 53.4 Å². The van der Waals surface area contributed by atoms with Gasteiger partial charge in [-0.25, -0.2) is 12.8 Å². The second kappa shape index (κ2) is 8.84. The fourth-order valence-corrected chi connectivity index (χ4v) is 4.33. The highest BCUT2D eigenvalue weighted by Crippen LogP contribution is 2.28. The van der Waals surface area contributed by atoms with Crippen molar-refractivity contribution >= 4 is 28.1 Å². The van der Waals surface area contributed by atoms with Crippen molar-refractivity contribution in [2.24, 2.45) is 0 Å². The van der Waals surface area contributed by atoms with Gasteiger partial charge in [0.2, 0.25) is 0 Å². The molecule has 0 aliphatic carbocycles. The summed E-state index contributed by atoms with van der Waals surface area (Å²) in [6.45, 7) is 5.51. The Bertz CT molecular complexity index is 810. The van der Waals surface area contributed by atoms with Crippen molar-refractivity contribution in [2.45, 2.75) is 30.6 Å². The van der Waals surface area contributed by atoms with E-state index in [0.29, 0.717) is 11.6 Å². The Labute approximate surface area is 160 Å². The van der Waals surface area contributed by atoms with Gasteiger partial charge in [0.05, 0.1) is 4.90 Å². The number of hydrogen-bond acceptors (Lipinski definition) is 3. The largest absolute Gasteiger partial charge is 0.303 e. The van der Waals surface area contributed by atoms with E-state index in [4.69, 9.17) is 0 Å². The highest BCUT2D eigenvalue weighted by atomic mass is 35.5. The van der Waals surface area contributed by atoms with Crippen LogP contribution < -0.4 is 4.72 Å². The Kier molecular flexibility index (Phi) is 7.03. The van der Waals surface area contributed by atoms with E-state index in [0.717, 1.165) is 44.6 Å². The molecule has 0 amide bonds. The summed E-state index contributed by atoms with van der Waals surface area (Å²) in [5.41, 5.74) is 1.75. The number of hydrogen-bond donors (Lipinski definition) is 1. The van der Waals surface area contributed by atoms with Gasteiger partial charge in [-0.05, 0) is 73.8 Å². The van der Waals surface area contributed by atoms with E-state index in [2.05, 4.69) is 16.5 Å². The third kappa shape index (κ3) is 4.96. The fraction of sp³-hybridized carbons (Fsp3) is 0.368. The van der Waals surface area contributed by atoms with E-state index >= 15 is 0 Å². The molecule has 26 heavy (non-hydrogen) atoms. The van der Waals surface area contributed by atoms with Crippen LogP contribution in [0, 0.1) is 5.82 Å². The highest BCUT2D eigenvalue weighted by molar-refractivity contribution is 7.92. The average Bonchev–Trinajstić information content (AvgIpc) is 3.05. The Balaban J connectivity index is 0.00000243. The van der Waals surface area contributed by atoms with Crippen molar-refractivity contribution in [3.63, 3.8) is 0 Å². The van der Waals surface area contributed by atoms with Crippen molar-refractivity contribution in [2.75, 3.05) is 24.4 Å². The van der Waals surface area contributed by atoms with E-state index in [1.165, 1.54) is 17.7 Å². The molecule has 142 valence electrons. The number of nitrogens with zero attached hydrogens (tertiary/aromatic N) is 1. The average molecular weight is 399 g/mol. The van der Waals surface area contributed by atoms with E-state index in [9.17, 15) is 12.8 Å². The normalized spacial score (nSPS) is 17.7. The molecule has 2 aromatic carbocycles. The SMILES string of the molecule is CCCN1CCC(c2ccc(NS(=O)(=O)c3ccc(F)cc3)cc2)C1.Cl. The van der Waals surface area contributed by atoms with Gasteiger partial charge < -0.3 is 4.90 Å². The minimum atomic E-state index is -3.70. The van der Waals surface area contributed by atoms with Gasteiger partial charge in [-0.1, -0.05) is 19.1 Å². The van der Waals surface area contributed by atoms with Gasteiger partial charge in [0.25, 0.3) is 10.0 Å². The monoisotopic (exact) mass is 398 g/mol. The maximum atomic E-state index is 13.0. The first-order valence-electron chi connectivity index (χ1n) is 8.58. The molecular formula is C19H24ClFN2O2S. The fourth-order valence-electron chi connectivity index (χ4n) is 3.28. The summed E-state index contributed by atoms with van der Waals surface area (Å²) >= 11 is 0. The zero-order valence-corrected chi connectivity index (χ0v) is 16.3. The second-order valence-electron chi connectivity index (χ2n) is 6.47. The topological polar surface area (TPSA) is 49.4 Å². The first-order valence-corrected chi connectivity index (χ1v) is 10.1. The molecule has 2 aromatic rings. The summed E-state index contributed by atoms with van der Waals surface area (Å²) in [5, 5.41) is 0. The van der Waals surface area contributed by atoms with Crippen LogP contribution >= 0.6 is 12.4 Å². The lowest BCUT2D eigenvalue weighted by molar-refractivity contribution is 0.335. The molecule has 0 radical (unpaired) electrons. The van der Waals surface area contributed by atoms with Crippen LogP contribution in [0.4, 0.5) is 10.1 Å². The third-order valence-electron chi connectivity index (χ3n) is 4.57. The van der Waals surface area contributed by atoms with Crippen LogP contribution in [0.2, 0.25) is 0 Å². The predicted octanol–water partition coefficient (Wildman–Crippen LogP) is 4.25. The van der Waals surface area contributed by atoms with Crippen LogP contribution in [0.3, 0.4) is 0 Å². The quantitative estimate of drug-likeness (QED) is 0.791. The number of halogens is 2. The lowest BCUT2D eigenvalue weighted by Crippen LogP contribution is -2.20. The Morgan fingerprint density at radius 1 is 1.12 bits per heavy atom. The van der Waals surface area contributed by atoms with Crippen molar-refractivity contribution in [1.82, 2.24) is 4.90 Å². The van der Waals surface area contributed by atoms with Gasteiger partial charge in [0, 0.05) is 12.2 Å². The van der Waals surface area contributed by atoms with E-state index in [1.807, 2.05) is 12.1 Å². The molecule has 0 spiro atoms. The molecule has 0 bridgehead atoms. The molecule has 0 saturated carbocycles. The zero-order valence-electron chi connectivity index (χ0n) is 14.7. The molecule has 1 heterocycles. The Morgan fingerprint density at radius 3 is 2.38 bits per heavy atom. The lowest BCUT2D eigenvalue weighted by atomic mass is 9.98. The molecule has 1 aliphatic rings. The van der Waals surface area contributed by atoms with Gasteiger partial charge >= 0.3 is 0 Å². The number of sulfonamides is 1. The number of rotatable bonds is 6. The molecular weight excluding hydrogens is 375 g/mol. The summed E-state index contributed by atoms with van der Waals surface area (Å²) in [5.74, 6) is 0.0475. The minimum absolute atomic E-state index is 0. The van der Waals surface area contributed by atoms with Gasteiger partial charge in [-0.2, -0.15) is 0 Å². The van der Waals surface area contributed by atoms with E-state index in [1.54, 1.807) is 12.1 Å². The molecule has 1 aliphatic heterocycles. The van der Waals surface area contributed by atoms with Gasteiger partial charge in [0.1, 0.15) is 5.82 Å². The van der Waals surface area contributed by atoms with Crippen LogP contribution in [-0.4, -0.2) is 33.0 Å². The molecule has 1 fully saturated rings. The number of anilines is 1. The molecule has 7 heteroatoms. The van der Waals surface area contributed by atoms with Gasteiger partial charge in [-0.3, -0.25) is 4.72 Å². The van der Waals surface area contributed by atoms with Crippen molar-refractivity contribution in [3.8, 4) is 0 Å². The standard InChI is InChI=1S/C19H23FN2O2S.ClH/c1-2-12-22-13-11-16(14-22)15-3-7-18(8-4-15)21-25(23,24)19-9-5-17(20)6-10-19;/h3-10,16,21H,2,11-14H2,1H3;1H. The number of nitrogens with one attached hydrogen (secondary N) is 1. The van der Waals surface area contributed by atoms with E-state index in [-0.39, 0.29) is 17.3 Å². The van der Waals surface area contributed by atoms with Crippen molar-refractivity contribution in [1.29, 1.82) is 0 Å². The van der Waals surface area contributed by atoms with Crippen LogP contribution in [0.5, 0.6) is 0 Å². The lowest BCUT2D eigenvalue weighted by Gasteiger charge is -2.15. The van der Waals surface area contributed by atoms with Crippen molar-refractivity contribution in [3.05, 3.63) is 59.9 Å². The zero-order chi connectivity index (χ0) is 17.9. The van der Waals surface area contributed by atoms with E-state index < -0.39 is 15.8 Å². The van der Waals surface area contributed by atoms with Gasteiger partial charge in [0.15, 0.2) is 0 Å². The highest BCUT2D eigenvalue weighted by Gasteiger charge is 2.23. The Hall–Kier alpha value is -1.63. The second-order valence-corrected chi connectivity index (χ2v) is 8.15. The molecule has 3 rings (SSSR count). The summed E-state index contributed by atoms with van der Waals surface area (Å²) < 4.78 is 40.1. The molecule has 0 aromatic heterocycles. The van der Waals surface area contributed by atoms with Crippen LogP contribution in [0.1, 0.15) is 31.2 Å². The maximum Gasteiger partial charge on any atom is 0.261 e. The smallest absolute Gasteiger partial charge is 0.261 e. The molecule has 1 N–H and O–H groups in total. The van der Waals surface area contributed by atoms with Crippen LogP contribution in [-0.2, 0) is 10.0 Å². The first kappa shape index (κ1) is 20.7. The molecule has 1 unspecified atom stereocenters. The summed E-state index contributed by atoms with van der Waals surface area (Å²) in [7, 11) is -3.70. The first-order chi connectivity index (χ1) is 12.0. The van der Waals surface area contributed by atoms with Crippen LogP contribution in [0.25, 0.3) is 0 Å². The predicted molar refractivity (Wildman–Crippen MR) is 105 cm³/mol. The number of benzene rings is 2. The molecule has 1 atom stereocenters. The number of likely N-dealkylation sites (tertiary alicyclic amines) is 1. The third-order valence-corrected chi connectivity index (χ3v) is 5.97. The molecule has 1 saturated heterocycles. The van der Waals surface area contributed by atoms with Gasteiger partial charge in [-0.15, -0.1) is 12.4 Å². The summed E-state index contributed by atoms with van der Waals surface area (Å²) in [6, 6.07) is 12.3. The maximum absolute atomic E-state index is 13.0. The Morgan fingerprint density at radius 2 is 1.77 bits per heavy atom. The molecule has 4 nitrogen and oxygen atoms in total. The minimum Gasteiger partial charge on any atom is -0.303 e.